The zero-order valence-corrected chi connectivity index (χ0v) is 18.7. The Morgan fingerprint density at radius 1 is 1.19 bits per heavy atom. The standard InChI is InChI=1S/C24H28N2O4S/c1-17-7-6-14-26(16-17)31(28,29)20-10-11-22-21(15-20)18(2)23(30-22)24(27)25-13-12-19-8-4-3-5-9-19/h3-5,8-11,15,17H,6-7,12-14,16H2,1-2H3,(H,25,27). The Balaban J connectivity index is 1.53. The van der Waals surface area contributed by atoms with Crippen LogP contribution >= 0.6 is 0 Å². The molecule has 7 heteroatoms. The van der Waals surface area contributed by atoms with Crippen LogP contribution in [0.4, 0.5) is 0 Å². The Kier molecular flexibility index (Phi) is 6.16. The van der Waals surface area contributed by atoms with Crippen LogP contribution in [-0.2, 0) is 16.4 Å². The number of furan rings is 1. The van der Waals surface area contributed by atoms with Gasteiger partial charge in [0.2, 0.25) is 10.0 Å². The van der Waals surface area contributed by atoms with Crippen LogP contribution in [0.25, 0.3) is 11.0 Å². The van der Waals surface area contributed by atoms with Gasteiger partial charge in [-0.15, -0.1) is 0 Å². The number of aryl methyl sites for hydroxylation is 1. The van der Waals surface area contributed by atoms with E-state index >= 15 is 0 Å². The number of hydrogen-bond acceptors (Lipinski definition) is 4. The normalized spacial score (nSPS) is 17.7. The Morgan fingerprint density at radius 2 is 1.97 bits per heavy atom. The van der Waals surface area contributed by atoms with E-state index < -0.39 is 10.0 Å². The van der Waals surface area contributed by atoms with E-state index in [-0.39, 0.29) is 16.6 Å². The summed E-state index contributed by atoms with van der Waals surface area (Å²) in [6.45, 7) is 5.45. The number of hydrogen-bond donors (Lipinski definition) is 1. The monoisotopic (exact) mass is 440 g/mol. The number of carbonyl (C=O) groups is 1. The SMILES string of the molecule is Cc1c(C(=O)NCCc2ccccc2)oc2ccc(S(=O)(=O)N3CCCC(C)C3)cc12. The van der Waals surface area contributed by atoms with Crippen molar-refractivity contribution in [2.45, 2.75) is 38.0 Å². The molecule has 1 unspecified atom stereocenters. The molecule has 0 spiro atoms. The van der Waals surface area contributed by atoms with E-state index in [9.17, 15) is 13.2 Å². The van der Waals surface area contributed by atoms with Crippen molar-refractivity contribution in [1.82, 2.24) is 9.62 Å². The van der Waals surface area contributed by atoms with E-state index in [0.717, 1.165) is 24.8 Å². The summed E-state index contributed by atoms with van der Waals surface area (Å²) in [7, 11) is -3.57. The van der Waals surface area contributed by atoms with Gasteiger partial charge < -0.3 is 9.73 Å². The Bertz CT molecular complexity index is 1190. The van der Waals surface area contributed by atoms with Gasteiger partial charge in [0.1, 0.15) is 5.58 Å². The summed E-state index contributed by atoms with van der Waals surface area (Å²) in [4.78, 5) is 12.9. The van der Waals surface area contributed by atoms with Gasteiger partial charge in [-0.25, -0.2) is 8.42 Å². The van der Waals surface area contributed by atoms with Gasteiger partial charge in [0, 0.05) is 30.6 Å². The highest BCUT2D eigenvalue weighted by atomic mass is 32.2. The van der Waals surface area contributed by atoms with E-state index in [2.05, 4.69) is 12.2 Å². The summed E-state index contributed by atoms with van der Waals surface area (Å²) in [6, 6.07) is 14.8. The lowest BCUT2D eigenvalue weighted by Crippen LogP contribution is -2.39. The first kappa shape index (κ1) is 21.6. The highest BCUT2D eigenvalue weighted by molar-refractivity contribution is 7.89. The number of amides is 1. The highest BCUT2D eigenvalue weighted by Gasteiger charge is 2.29. The van der Waals surface area contributed by atoms with Crippen molar-refractivity contribution in [3.8, 4) is 0 Å². The van der Waals surface area contributed by atoms with Gasteiger partial charge in [0.15, 0.2) is 5.76 Å². The molecule has 0 aliphatic carbocycles. The molecule has 1 aliphatic rings. The molecule has 1 aromatic heterocycles. The first-order valence-electron chi connectivity index (χ1n) is 10.7. The predicted molar refractivity (Wildman–Crippen MR) is 121 cm³/mol. The van der Waals surface area contributed by atoms with Crippen molar-refractivity contribution >= 4 is 26.9 Å². The predicted octanol–water partition coefficient (Wildman–Crippen LogP) is 4.13. The molecule has 31 heavy (non-hydrogen) atoms. The number of rotatable bonds is 6. The summed E-state index contributed by atoms with van der Waals surface area (Å²) in [6.07, 6.45) is 2.65. The van der Waals surface area contributed by atoms with Gasteiger partial charge in [-0.05, 0) is 55.9 Å². The largest absolute Gasteiger partial charge is 0.451 e. The van der Waals surface area contributed by atoms with Crippen LogP contribution in [0.2, 0.25) is 0 Å². The van der Waals surface area contributed by atoms with Crippen LogP contribution in [0.5, 0.6) is 0 Å². The maximum Gasteiger partial charge on any atom is 0.287 e. The molecule has 1 fully saturated rings. The molecule has 164 valence electrons. The number of nitrogens with one attached hydrogen (secondary N) is 1. The Labute approximate surface area is 183 Å². The van der Waals surface area contributed by atoms with Gasteiger partial charge >= 0.3 is 0 Å². The summed E-state index contributed by atoms with van der Waals surface area (Å²) in [5.41, 5.74) is 2.30. The Hall–Kier alpha value is -2.64. The first-order valence-corrected chi connectivity index (χ1v) is 12.2. The average molecular weight is 441 g/mol. The maximum atomic E-state index is 13.1. The lowest BCUT2D eigenvalue weighted by molar-refractivity contribution is 0.0927. The molecular weight excluding hydrogens is 412 g/mol. The number of fused-ring (bicyclic) bond motifs is 1. The first-order chi connectivity index (χ1) is 14.9. The summed E-state index contributed by atoms with van der Waals surface area (Å²) < 4.78 is 33.6. The smallest absolute Gasteiger partial charge is 0.287 e. The molecule has 2 aromatic carbocycles. The highest BCUT2D eigenvalue weighted by Crippen LogP contribution is 2.30. The van der Waals surface area contributed by atoms with Gasteiger partial charge in [0.25, 0.3) is 5.91 Å². The van der Waals surface area contributed by atoms with Crippen molar-refractivity contribution < 1.29 is 17.6 Å². The summed E-state index contributed by atoms with van der Waals surface area (Å²) >= 11 is 0. The van der Waals surface area contributed by atoms with Crippen LogP contribution < -0.4 is 5.32 Å². The minimum atomic E-state index is -3.57. The molecule has 0 radical (unpaired) electrons. The molecular formula is C24H28N2O4S. The molecule has 6 nitrogen and oxygen atoms in total. The van der Waals surface area contributed by atoms with Crippen molar-refractivity contribution in [2.75, 3.05) is 19.6 Å². The number of nitrogens with zero attached hydrogens (tertiary/aromatic N) is 1. The minimum absolute atomic E-state index is 0.226. The zero-order valence-electron chi connectivity index (χ0n) is 17.9. The van der Waals surface area contributed by atoms with Crippen molar-refractivity contribution in [3.05, 3.63) is 65.4 Å². The van der Waals surface area contributed by atoms with Gasteiger partial charge in [-0.2, -0.15) is 4.31 Å². The fourth-order valence-electron chi connectivity index (χ4n) is 4.14. The zero-order chi connectivity index (χ0) is 22.0. The molecule has 1 N–H and O–H groups in total. The second kappa shape index (κ2) is 8.85. The van der Waals surface area contributed by atoms with Crippen LogP contribution in [-0.4, -0.2) is 38.3 Å². The van der Waals surface area contributed by atoms with Crippen LogP contribution in [0.1, 0.15) is 41.4 Å². The van der Waals surface area contributed by atoms with Crippen molar-refractivity contribution in [3.63, 3.8) is 0 Å². The van der Waals surface area contributed by atoms with Crippen molar-refractivity contribution in [1.29, 1.82) is 0 Å². The quantitative estimate of drug-likeness (QED) is 0.625. The molecule has 3 aromatic rings. The molecule has 1 atom stereocenters. The fraction of sp³-hybridized carbons (Fsp3) is 0.375. The van der Waals surface area contributed by atoms with E-state index in [1.807, 2.05) is 30.3 Å². The lowest BCUT2D eigenvalue weighted by atomic mass is 10.0. The van der Waals surface area contributed by atoms with Gasteiger partial charge in [0.05, 0.1) is 4.90 Å². The third kappa shape index (κ3) is 4.52. The van der Waals surface area contributed by atoms with Crippen LogP contribution in [0, 0.1) is 12.8 Å². The van der Waals surface area contributed by atoms with E-state index in [4.69, 9.17) is 4.42 Å². The number of piperidine rings is 1. The fourth-order valence-corrected chi connectivity index (χ4v) is 5.76. The van der Waals surface area contributed by atoms with E-state index in [0.29, 0.717) is 42.1 Å². The van der Waals surface area contributed by atoms with Crippen LogP contribution in [0.15, 0.2) is 57.8 Å². The number of benzene rings is 2. The lowest BCUT2D eigenvalue weighted by Gasteiger charge is -2.30. The average Bonchev–Trinajstić information content (AvgIpc) is 3.10. The molecule has 0 bridgehead atoms. The molecule has 1 amide bonds. The van der Waals surface area contributed by atoms with E-state index in [1.165, 1.54) is 0 Å². The molecule has 1 saturated heterocycles. The molecule has 1 aliphatic heterocycles. The molecule has 4 rings (SSSR count). The van der Waals surface area contributed by atoms with Gasteiger partial charge in [-0.3, -0.25) is 4.79 Å². The minimum Gasteiger partial charge on any atom is -0.451 e. The summed E-state index contributed by atoms with van der Waals surface area (Å²) in [5, 5.41) is 3.54. The molecule has 2 heterocycles. The van der Waals surface area contributed by atoms with E-state index in [1.54, 1.807) is 29.4 Å². The maximum absolute atomic E-state index is 13.1. The Morgan fingerprint density at radius 3 is 2.71 bits per heavy atom. The third-order valence-corrected chi connectivity index (χ3v) is 7.77. The second-order valence-corrected chi connectivity index (χ2v) is 10.3. The molecule has 0 saturated carbocycles. The van der Waals surface area contributed by atoms with Crippen molar-refractivity contribution in [2.24, 2.45) is 5.92 Å². The van der Waals surface area contributed by atoms with Gasteiger partial charge in [-0.1, -0.05) is 37.3 Å². The topological polar surface area (TPSA) is 79.6 Å². The number of sulfonamides is 1. The van der Waals surface area contributed by atoms with Crippen LogP contribution in [0.3, 0.4) is 0 Å². The third-order valence-electron chi connectivity index (χ3n) is 5.91. The summed E-state index contributed by atoms with van der Waals surface area (Å²) in [5.74, 6) is 0.289. The number of carbonyl (C=O) groups excluding carboxylic acids is 1. The second-order valence-electron chi connectivity index (χ2n) is 8.32.